The van der Waals surface area contributed by atoms with Crippen LogP contribution in [0.5, 0.6) is 0 Å². The molecule has 2 fully saturated rings. The quantitative estimate of drug-likeness (QED) is 0.420. The number of hydrogen-bond donors (Lipinski definition) is 1. The number of rotatable bonds is 6. The summed E-state index contributed by atoms with van der Waals surface area (Å²) < 4.78 is 5.25. The average molecular weight is 489 g/mol. The molecule has 0 aromatic heterocycles. The fourth-order valence-electron chi connectivity index (χ4n) is 5.49. The summed E-state index contributed by atoms with van der Waals surface area (Å²) >= 11 is 6.28. The third-order valence-corrected chi connectivity index (χ3v) is 7.25. The van der Waals surface area contributed by atoms with Crippen molar-refractivity contribution in [1.82, 2.24) is 10.2 Å². The number of benzene rings is 3. The Bertz CT molecular complexity index is 1270. The number of amides is 2. The molecular weight excluding hydrogens is 464 g/mol. The van der Waals surface area contributed by atoms with Gasteiger partial charge in [-0.3, -0.25) is 24.6 Å². The molecule has 0 aliphatic carbocycles. The van der Waals surface area contributed by atoms with Crippen LogP contribution in [0.3, 0.4) is 0 Å². The Morgan fingerprint density at radius 2 is 1.60 bits per heavy atom. The fraction of sp³-hybridized carbons (Fsp3) is 0.250. The standard InChI is InChI=1S/C28H25ClN2O4/c1-35-27(34)28(16-18-9-4-2-5-10-18)23-22(24(30-28)20-13-8-14-21(29)15-20)25(32)31(26(23)33)17-19-11-6-3-7-12-19/h2-15,22-24,30H,16-17H2,1H3/t22-,23-,24+,28+/m1/s1. The summed E-state index contributed by atoms with van der Waals surface area (Å²) in [6, 6.07) is 25.4. The van der Waals surface area contributed by atoms with Gasteiger partial charge < -0.3 is 4.74 Å². The third kappa shape index (κ3) is 4.03. The molecule has 2 amide bonds. The first kappa shape index (κ1) is 23.3. The minimum Gasteiger partial charge on any atom is -0.468 e. The van der Waals surface area contributed by atoms with Gasteiger partial charge >= 0.3 is 5.97 Å². The number of nitrogens with zero attached hydrogens (tertiary/aromatic N) is 1. The molecule has 0 radical (unpaired) electrons. The molecule has 2 saturated heterocycles. The number of hydrogen-bond acceptors (Lipinski definition) is 5. The summed E-state index contributed by atoms with van der Waals surface area (Å²) in [5.41, 5.74) is 1.03. The fourth-order valence-corrected chi connectivity index (χ4v) is 5.69. The van der Waals surface area contributed by atoms with Crippen molar-refractivity contribution in [2.45, 2.75) is 24.5 Å². The van der Waals surface area contributed by atoms with Gasteiger partial charge in [-0.05, 0) is 28.8 Å². The van der Waals surface area contributed by atoms with E-state index in [9.17, 15) is 14.4 Å². The van der Waals surface area contributed by atoms with Gasteiger partial charge in [0.15, 0.2) is 0 Å². The van der Waals surface area contributed by atoms with E-state index in [2.05, 4.69) is 5.32 Å². The highest BCUT2D eigenvalue weighted by atomic mass is 35.5. The zero-order valence-electron chi connectivity index (χ0n) is 19.2. The van der Waals surface area contributed by atoms with Crippen molar-refractivity contribution >= 4 is 29.4 Å². The first-order chi connectivity index (χ1) is 16.9. The molecule has 3 aromatic rings. The minimum absolute atomic E-state index is 0.149. The Kier molecular flexibility index (Phi) is 6.17. The number of fused-ring (bicyclic) bond motifs is 1. The van der Waals surface area contributed by atoms with Crippen molar-refractivity contribution in [1.29, 1.82) is 0 Å². The van der Waals surface area contributed by atoms with E-state index in [0.717, 1.165) is 16.7 Å². The lowest BCUT2D eigenvalue weighted by atomic mass is 9.76. The summed E-state index contributed by atoms with van der Waals surface area (Å²) in [6.07, 6.45) is 0.205. The van der Waals surface area contributed by atoms with E-state index in [4.69, 9.17) is 16.3 Å². The molecule has 178 valence electrons. The highest BCUT2D eigenvalue weighted by Crippen LogP contribution is 2.50. The Balaban J connectivity index is 1.63. The number of esters is 1. The van der Waals surface area contributed by atoms with Crippen LogP contribution in [0.2, 0.25) is 5.02 Å². The SMILES string of the molecule is COC(=O)[C@@]1(Cc2ccccc2)N[C@@H](c2cccc(Cl)c2)[C@@H]2C(=O)N(Cc3ccccc3)C(=O)[C@@H]21. The van der Waals surface area contributed by atoms with Crippen molar-refractivity contribution in [2.75, 3.05) is 7.11 Å². The van der Waals surface area contributed by atoms with Gasteiger partial charge in [0.05, 0.1) is 25.5 Å². The second-order valence-electron chi connectivity index (χ2n) is 9.05. The second kappa shape index (κ2) is 9.29. The summed E-state index contributed by atoms with van der Waals surface area (Å²) in [6.45, 7) is 0.149. The molecule has 0 bridgehead atoms. The Morgan fingerprint density at radius 3 is 2.23 bits per heavy atom. The summed E-state index contributed by atoms with van der Waals surface area (Å²) in [5, 5.41) is 3.90. The number of nitrogens with one attached hydrogen (secondary N) is 1. The van der Waals surface area contributed by atoms with E-state index in [-0.39, 0.29) is 24.8 Å². The predicted molar refractivity (Wildman–Crippen MR) is 131 cm³/mol. The van der Waals surface area contributed by atoms with Crippen LogP contribution >= 0.6 is 11.6 Å². The number of carbonyl (C=O) groups excluding carboxylic acids is 3. The smallest absolute Gasteiger partial charge is 0.327 e. The second-order valence-corrected chi connectivity index (χ2v) is 9.49. The minimum atomic E-state index is -1.41. The average Bonchev–Trinajstić information content (AvgIpc) is 3.34. The predicted octanol–water partition coefficient (Wildman–Crippen LogP) is 3.94. The van der Waals surface area contributed by atoms with Crippen LogP contribution in [-0.4, -0.2) is 35.3 Å². The van der Waals surface area contributed by atoms with E-state index < -0.39 is 29.4 Å². The van der Waals surface area contributed by atoms with Gasteiger partial charge in [0.2, 0.25) is 11.8 Å². The maximum absolute atomic E-state index is 13.9. The molecule has 35 heavy (non-hydrogen) atoms. The number of ether oxygens (including phenoxy) is 1. The largest absolute Gasteiger partial charge is 0.468 e. The topological polar surface area (TPSA) is 75.7 Å². The van der Waals surface area contributed by atoms with E-state index in [1.807, 2.05) is 66.7 Å². The van der Waals surface area contributed by atoms with Crippen LogP contribution in [0.15, 0.2) is 84.9 Å². The summed E-state index contributed by atoms with van der Waals surface area (Å²) in [4.78, 5) is 42.4. The molecule has 0 unspecified atom stereocenters. The molecular formula is C28H25ClN2O4. The van der Waals surface area contributed by atoms with E-state index >= 15 is 0 Å². The lowest BCUT2D eigenvalue weighted by molar-refractivity contribution is -0.154. The van der Waals surface area contributed by atoms with Gasteiger partial charge in [0.1, 0.15) is 5.54 Å². The van der Waals surface area contributed by atoms with Gasteiger partial charge in [0, 0.05) is 17.5 Å². The Morgan fingerprint density at radius 1 is 0.943 bits per heavy atom. The normalized spacial score (nSPS) is 25.5. The monoisotopic (exact) mass is 488 g/mol. The number of methoxy groups -OCH3 is 1. The van der Waals surface area contributed by atoms with E-state index in [1.54, 1.807) is 18.2 Å². The van der Waals surface area contributed by atoms with Gasteiger partial charge in [-0.15, -0.1) is 0 Å². The number of carbonyl (C=O) groups is 3. The third-order valence-electron chi connectivity index (χ3n) is 7.01. The van der Waals surface area contributed by atoms with Crippen LogP contribution in [0.1, 0.15) is 22.7 Å². The molecule has 0 spiro atoms. The molecule has 6 nitrogen and oxygen atoms in total. The zero-order valence-corrected chi connectivity index (χ0v) is 19.9. The molecule has 2 heterocycles. The van der Waals surface area contributed by atoms with Crippen LogP contribution in [0, 0.1) is 11.8 Å². The van der Waals surface area contributed by atoms with E-state index in [0.29, 0.717) is 5.02 Å². The van der Waals surface area contributed by atoms with Crippen molar-refractivity contribution in [3.8, 4) is 0 Å². The van der Waals surface area contributed by atoms with Crippen LogP contribution in [-0.2, 0) is 32.1 Å². The van der Waals surface area contributed by atoms with Gasteiger partial charge in [0.25, 0.3) is 0 Å². The van der Waals surface area contributed by atoms with Gasteiger partial charge in [-0.25, -0.2) is 0 Å². The first-order valence-corrected chi connectivity index (χ1v) is 11.9. The summed E-state index contributed by atoms with van der Waals surface area (Å²) in [7, 11) is 1.31. The molecule has 7 heteroatoms. The molecule has 2 aliphatic heterocycles. The zero-order chi connectivity index (χ0) is 24.6. The van der Waals surface area contributed by atoms with Crippen LogP contribution in [0.4, 0.5) is 0 Å². The molecule has 1 N–H and O–H groups in total. The van der Waals surface area contributed by atoms with Crippen molar-refractivity contribution in [3.63, 3.8) is 0 Å². The molecule has 0 saturated carbocycles. The summed E-state index contributed by atoms with van der Waals surface area (Å²) in [5.74, 6) is -2.94. The number of likely N-dealkylation sites (tertiary alicyclic amines) is 1. The lowest BCUT2D eigenvalue weighted by Gasteiger charge is -2.32. The van der Waals surface area contributed by atoms with Crippen molar-refractivity contribution in [3.05, 3.63) is 107 Å². The Labute approximate surface area is 208 Å². The molecule has 2 aliphatic rings. The van der Waals surface area contributed by atoms with Crippen LogP contribution < -0.4 is 5.32 Å². The maximum Gasteiger partial charge on any atom is 0.327 e. The highest BCUT2D eigenvalue weighted by Gasteiger charge is 2.68. The van der Waals surface area contributed by atoms with Crippen molar-refractivity contribution < 1.29 is 19.1 Å². The number of halogens is 1. The molecule has 4 atom stereocenters. The van der Waals surface area contributed by atoms with Crippen molar-refractivity contribution in [2.24, 2.45) is 11.8 Å². The van der Waals surface area contributed by atoms with Gasteiger partial charge in [-0.2, -0.15) is 0 Å². The Hall–Kier alpha value is -3.48. The van der Waals surface area contributed by atoms with Gasteiger partial charge in [-0.1, -0.05) is 84.4 Å². The molecule has 5 rings (SSSR count). The highest BCUT2D eigenvalue weighted by molar-refractivity contribution is 6.30. The first-order valence-electron chi connectivity index (χ1n) is 11.5. The van der Waals surface area contributed by atoms with Crippen LogP contribution in [0.25, 0.3) is 0 Å². The lowest BCUT2D eigenvalue weighted by Crippen LogP contribution is -2.57. The molecule has 3 aromatic carbocycles. The van der Waals surface area contributed by atoms with E-state index in [1.165, 1.54) is 12.0 Å². The number of imide groups is 1. The maximum atomic E-state index is 13.9.